The minimum absolute atomic E-state index is 0.0508. The van der Waals surface area contributed by atoms with Crippen molar-refractivity contribution in [1.82, 2.24) is 15.5 Å². The van der Waals surface area contributed by atoms with Gasteiger partial charge in [0.1, 0.15) is 5.82 Å². The summed E-state index contributed by atoms with van der Waals surface area (Å²) in [4.78, 5) is 12.2. The van der Waals surface area contributed by atoms with Crippen LogP contribution in [0.4, 0.5) is 4.39 Å². The fourth-order valence-corrected chi connectivity index (χ4v) is 3.17. The number of carbonyl (C=O) groups excluding carboxylic acids is 1. The topological polar surface area (TPSA) is 68.0 Å². The van der Waals surface area contributed by atoms with Crippen LogP contribution in [0.15, 0.2) is 22.6 Å². The van der Waals surface area contributed by atoms with E-state index in [1.165, 1.54) is 25.0 Å². The highest BCUT2D eigenvalue weighted by Crippen LogP contribution is 2.22. The molecule has 1 aliphatic rings. The van der Waals surface area contributed by atoms with E-state index in [4.69, 9.17) is 16.0 Å². The van der Waals surface area contributed by atoms with Crippen molar-refractivity contribution < 1.29 is 13.6 Å². The summed E-state index contributed by atoms with van der Waals surface area (Å²) in [6, 6.07) is 4.59. The first-order valence-electron chi connectivity index (χ1n) is 8.19. The maximum absolute atomic E-state index is 13.8. The number of carbonyl (C=O) groups is 1. The number of hydrogen-bond acceptors (Lipinski definition) is 4. The van der Waals surface area contributed by atoms with Gasteiger partial charge in [0, 0.05) is 16.6 Å². The van der Waals surface area contributed by atoms with Crippen molar-refractivity contribution in [2.75, 3.05) is 0 Å². The Balaban J connectivity index is 1.65. The third-order valence-electron chi connectivity index (χ3n) is 4.24. The van der Waals surface area contributed by atoms with E-state index in [9.17, 15) is 9.18 Å². The van der Waals surface area contributed by atoms with Gasteiger partial charge in [-0.1, -0.05) is 43.4 Å². The first kappa shape index (κ1) is 16.9. The Morgan fingerprint density at radius 2 is 2.00 bits per heavy atom. The molecule has 0 spiro atoms. The van der Waals surface area contributed by atoms with Crippen molar-refractivity contribution >= 4 is 17.5 Å². The second kappa shape index (κ2) is 7.75. The van der Waals surface area contributed by atoms with Crippen LogP contribution in [0.5, 0.6) is 0 Å². The second-order valence-electron chi connectivity index (χ2n) is 6.04. The number of halogens is 2. The van der Waals surface area contributed by atoms with Gasteiger partial charge < -0.3 is 9.73 Å². The van der Waals surface area contributed by atoms with Crippen molar-refractivity contribution in [1.29, 1.82) is 0 Å². The molecule has 1 amide bonds. The molecule has 1 fully saturated rings. The van der Waals surface area contributed by atoms with Crippen molar-refractivity contribution in [3.05, 3.63) is 46.4 Å². The number of aromatic nitrogens is 2. The van der Waals surface area contributed by atoms with Crippen molar-refractivity contribution in [2.45, 2.75) is 51.0 Å². The SMILES string of the molecule is O=C(NC1CCCCCC1)c1nnc(Cc2c(F)cccc2Cl)o1. The van der Waals surface area contributed by atoms with Crippen LogP contribution in [0.2, 0.25) is 5.02 Å². The first-order chi connectivity index (χ1) is 11.6. The van der Waals surface area contributed by atoms with Gasteiger partial charge in [-0.15, -0.1) is 10.2 Å². The number of nitrogens with zero attached hydrogens (tertiary/aromatic N) is 2. The lowest BCUT2D eigenvalue weighted by atomic mass is 10.1. The molecule has 0 unspecified atom stereocenters. The van der Waals surface area contributed by atoms with Gasteiger partial charge in [0.2, 0.25) is 5.89 Å². The lowest BCUT2D eigenvalue weighted by Gasteiger charge is -2.14. The zero-order chi connectivity index (χ0) is 16.9. The van der Waals surface area contributed by atoms with Crippen LogP contribution in [0.3, 0.4) is 0 Å². The van der Waals surface area contributed by atoms with E-state index >= 15 is 0 Å². The molecule has 2 aromatic rings. The molecule has 7 heteroatoms. The van der Waals surface area contributed by atoms with Crippen LogP contribution in [0, 0.1) is 5.82 Å². The summed E-state index contributed by atoms with van der Waals surface area (Å²) in [5.41, 5.74) is 0.276. The van der Waals surface area contributed by atoms with Gasteiger partial charge >= 0.3 is 11.8 Å². The predicted molar refractivity (Wildman–Crippen MR) is 87.5 cm³/mol. The average Bonchev–Trinajstić information content (AvgIpc) is 2.88. The van der Waals surface area contributed by atoms with Crippen LogP contribution in [0.1, 0.15) is 60.7 Å². The lowest BCUT2D eigenvalue weighted by Crippen LogP contribution is -2.34. The predicted octanol–water partition coefficient (Wildman–Crippen LogP) is 3.91. The standard InChI is InChI=1S/C17H19ClFN3O2/c18-13-8-5-9-14(19)12(13)10-15-21-22-17(24-15)16(23)20-11-6-3-1-2-4-7-11/h5,8-9,11H,1-4,6-7,10H2,(H,20,23). The van der Waals surface area contributed by atoms with Crippen molar-refractivity contribution in [3.8, 4) is 0 Å². The Morgan fingerprint density at radius 3 is 2.71 bits per heavy atom. The first-order valence-corrected chi connectivity index (χ1v) is 8.57. The number of benzene rings is 1. The molecule has 0 saturated heterocycles. The monoisotopic (exact) mass is 351 g/mol. The Morgan fingerprint density at radius 1 is 1.25 bits per heavy atom. The number of hydrogen-bond donors (Lipinski definition) is 1. The van der Waals surface area contributed by atoms with Crippen LogP contribution in [0.25, 0.3) is 0 Å². The Kier molecular flexibility index (Phi) is 5.45. The molecule has 1 aliphatic carbocycles. The fraction of sp³-hybridized carbons (Fsp3) is 0.471. The third kappa shape index (κ3) is 4.12. The quantitative estimate of drug-likeness (QED) is 0.848. The van der Waals surface area contributed by atoms with E-state index in [-0.39, 0.29) is 40.7 Å². The summed E-state index contributed by atoms with van der Waals surface area (Å²) in [6.07, 6.45) is 6.64. The fourth-order valence-electron chi connectivity index (χ4n) is 2.94. The van der Waals surface area contributed by atoms with E-state index in [1.807, 2.05) is 0 Å². The molecule has 0 bridgehead atoms. The van der Waals surface area contributed by atoms with E-state index in [2.05, 4.69) is 15.5 Å². The van der Waals surface area contributed by atoms with Gasteiger partial charge in [-0.05, 0) is 25.0 Å². The minimum atomic E-state index is -0.440. The van der Waals surface area contributed by atoms with Crippen molar-refractivity contribution in [2.24, 2.45) is 0 Å². The van der Waals surface area contributed by atoms with Crippen LogP contribution >= 0.6 is 11.6 Å². The molecular formula is C17H19ClFN3O2. The van der Waals surface area contributed by atoms with Gasteiger partial charge in [-0.25, -0.2) is 4.39 Å². The molecule has 0 radical (unpaired) electrons. The third-order valence-corrected chi connectivity index (χ3v) is 4.60. The molecule has 1 aromatic heterocycles. The Bertz CT molecular complexity index is 691. The molecule has 0 atom stereocenters. The normalized spacial score (nSPS) is 15.9. The van der Waals surface area contributed by atoms with Gasteiger partial charge in [0.25, 0.3) is 0 Å². The highest BCUT2D eigenvalue weighted by molar-refractivity contribution is 6.31. The Labute approximate surface area is 144 Å². The number of nitrogens with one attached hydrogen (secondary N) is 1. The Hall–Kier alpha value is -1.95. The summed E-state index contributed by atoms with van der Waals surface area (Å²) in [5, 5.41) is 10.8. The zero-order valence-electron chi connectivity index (χ0n) is 13.2. The van der Waals surface area contributed by atoms with Gasteiger partial charge in [0.15, 0.2) is 0 Å². The number of amides is 1. The number of rotatable bonds is 4. The molecule has 24 heavy (non-hydrogen) atoms. The molecule has 1 saturated carbocycles. The summed E-state index contributed by atoms with van der Waals surface area (Å²) < 4.78 is 19.2. The maximum atomic E-state index is 13.8. The molecule has 5 nitrogen and oxygen atoms in total. The van der Waals surface area contributed by atoms with Crippen LogP contribution in [-0.2, 0) is 6.42 Å². The van der Waals surface area contributed by atoms with Crippen LogP contribution < -0.4 is 5.32 Å². The van der Waals surface area contributed by atoms with Crippen molar-refractivity contribution in [3.63, 3.8) is 0 Å². The average molecular weight is 352 g/mol. The smallest absolute Gasteiger partial charge is 0.309 e. The zero-order valence-corrected chi connectivity index (χ0v) is 14.0. The van der Waals surface area contributed by atoms with E-state index in [0.717, 1.165) is 25.7 Å². The van der Waals surface area contributed by atoms with Crippen LogP contribution in [-0.4, -0.2) is 22.1 Å². The summed E-state index contributed by atoms with van der Waals surface area (Å²) in [6.45, 7) is 0. The summed E-state index contributed by atoms with van der Waals surface area (Å²) in [5.74, 6) is -0.750. The molecular weight excluding hydrogens is 333 g/mol. The summed E-state index contributed by atoms with van der Waals surface area (Å²) >= 11 is 5.98. The largest absolute Gasteiger partial charge is 0.417 e. The van der Waals surface area contributed by atoms with E-state index < -0.39 is 5.82 Å². The van der Waals surface area contributed by atoms with E-state index in [1.54, 1.807) is 6.07 Å². The molecule has 1 N–H and O–H groups in total. The maximum Gasteiger partial charge on any atom is 0.309 e. The minimum Gasteiger partial charge on any atom is -0.417 e. The van der Waals surface area contributed by atoms with Gasteiger partial charge in [-0.3, -0.25) is 4.79 Å². The van der Waals surface area contributed by atoms with E-state index in [0.29, 0.717) is 0 Å². The lowest BCUT2D eigenvalue weighted by molar-refractivity contribution is 0.0896. The molecule has 1 heterocycles. The molecule has 128 valence electrons. The molecule has 0 aliphatic heterocycles. The molecule has 3 rings (SSSR count). The highest BCUT2D eigenvalue weighted by Gasteiger charge is 2.21. The molecule has 1 aromatic carbocycles. The van der Waals surface area contributed by atoms with Gasteiger partial charge in [0.05, 0.1) is 6.42 Å². The highest BCUT2D eigenvalue weighted by atomic mass is 35.5. The second-order valence-corrected chi connectivity index (χ2v) is 6.45. The summed E-state index contributed by atoms with van der Waals surface area (Å²) in [7, 11) is 0. The van der Waals surface area contributed by atoms with Gasteiger partial charge in [-0.2, -0.15) is 0 Å².